The SMILES string of the molecule is Cc1cc(CS(=O)(=O)c2cc(C(=O)O)ccc2F)n(C)n1. The molecule has 1 aromatic heterocycles. The molecular weight excluding hydrogens is 299 g/mol. The highest BCUT2D eigenvalue weighted by Crippen LogP contribution is 2.21. The summed E-state index contributed by atoms with van der Waals surface area (Å²) < 4.78 is 39.7. The molecule has 0 aliphatic carbocycles. The van der Waals surface area contributed by atoms with Crippen molar-refractivity contribution in [1.82, 2.24) is 9.78 Å². The van der Waals surface area contributed by atoms with Crippen LogP contribution in [-0.2, 0) is 22.6 Å². The Kier molecular flexibility index (Phi) is 3.82. The molecule has 0 saturated heterocycles. The van der Waals surface area contributed by atoms with E-state index in [0.717, 1.165) is 18.2 Å². The maximum atomic E-state index is 13.7. The van der Waals surface area contributed by atoms with Crippen LogP contribution >= 0.6 is 0 Å². The fraction of sp³-hybridized carbons (Fsp3) is 0.231. The standard InChI is InChI=1S/C13H13FN2O4S/c1-8-5-10(16(2)15-8)7-21(19,20)12-6-9(13(17)18)3-4-11(12)14/h3-6H,7H2,1-2H3,(H,17,18). The summed E-state index contributed by atoms with van der Waals surface area (Å²) in [5.74, 6) is -2.74. The van der Waals surface area contributed by atoms with Gasteiger partial charge in [-0.3, -0.25) is 4.68 Å². The number of aryl methyl sites for hydroxylation is 2. The van der Waals surface area contributed by atoms with Crippen LogP contribution in [0.1, 0.15) is 21.7 Å². The number of aromatic carboxylic acids is 1. The second-order valence-corrected chi connectivity index (χ2v) is 6.57. The smallest absolute Gasteiger partial charge is 0.335 e. The molecule has 6 nitrogen and oxygen atoms in total. The first kappa shape index (κ1) is 15.2. The Labute approximate surface area is 120 Å². The molecule has 2 rings (SSSR count). The van der Waals surface area contributed by atoms with Crippen LogP contribution in [0.4, 0.5) is 4.39 Å². The molecule has 0 aliphatic rings. The van der Waals surface area contributed by atoms with E-state index in [1.54, 1.807) is 20.0 Å². The van der Waals surface area contributed by atoms with E-state index in [9.17, 15) is 17.6 Å². The quantitative estimate of drug-likeness (QED) is 0.925. The lowest BCUT2D eigenvalue weighted by Gasteiger charge is -2.07. The third-order valence-electron chi connectivity index (χ3n) is 2.95. The molecule has 8 heteroatoms. The lowest BCUT2D eigenvalue weighted by atomic mass is 10.2. The summed E-state index contributed by atoms with van der Waals surface area (Å²) in [6, 6.07) is 4.27. The Balaban J connectivity index is 2.46. The number of rotatable bonds is 4. The molecule has 0 aliphatic heterocycles. The second-order valence-electron chi connectivity index (χ2n) is 4.61. The molecule has 112 valence electrons. The molecule has 0 bridgehead atoms. The molecule has 0 unspecified atom stereocenters. The first-order chi connectivity index (χ1) is 9.70. The van der Waals surface area contributed by atoms with Gasteiger partial charge in [-0.05, 0) is 31.2 Å². The molecular formula is C13H13FN2O4S. The van der Waals surface area contributed by atoms with Gasteiger partial charge in [0.1, 0.15) is 10.7 Å². The van der Waals surface area contributed by atoms with Crippen molar-refractivity contribution in [1.29, 1.82) is 0 Å². The van der Waals surface area contributed by atoms with Crippen molar-refractivity contribution in [2.45, 2.75) is 17.6 Å². The number of carboxylic acids is 1. The van der Waals surface area contributed by atoms with Crippen LogP contribution < -0.4 is 0 Å². The summed E-state index contributed by atoms with van der Waals surface area (Å²) >= 11 is 0. The highest BCUT2D eigenvalue weighted by molar-refractivity contribution is 7.90. The molecule has 0 atom stereocenters. The van der Waals surface area contributed by atoms with Crippen LogP contribution in [0.5, 0.6) is 0 Å². The van der Waals surface area contributed by atoms with Gasteiger partial charge in [0.25, 0.3) is 0 Å². The molecule has 2 aromatic rings. The minimum atomic E-state index is -4.01. The van der Waals surface area contributed by atoms with E-state index in [4.69, 9.17) is 5.11 Å². The van der Waals surface area contributed by atoms with Gasteiger partial charge in [0, 0.05) is 7.05 Å². The molecule has 21 heavy (non-hydrogen) atoms. The highest BCUT2D eigenvalue weighted by atomic mass is 32.2. The second kappa shape index (κ2) is 5.28. The van der Waals surface area contributed by atoms with E-state index in [1.807, 2.05) is 0 Å². The van der Waals surface area contributed by atoms with Crippen molar-refractivity contribution in [3.63, 3.8) is 0 Å². The summed E-state index contributed by atoms with van der Waals surface area (Å²) in [6.07, 6.45) is 0. The highest BCUT2D eigenvalue weighted by Gasteiger charge is 2.23. The summed E-state index contributed by atoms with van der Waals surface area (Å²) in [5.41, 5.74) is 0.756. The van der Waals surface area contributed by atoms with E-state index in [1.165, 1.54) is 4.68 Å². The zero-order valence-corrected chi connectivity index (χ0v) is 12.2. The van der Waals surface area contributed by atoms with Crippen LogP contribution in [0.2, 0.25) is 0 Å². The lowest BCUT2D eigenvalue weighted by molar-refractivity contribution is 0.0696. The van der Waals surface area contributed by atoms with Crippen molar-refractivity contribution in [2.24, 2.45) is 7.05 Å². The predicted octanol–water partition coefficient (Wildman–Crippen LogP) is 1.54. The maximum absolute atomic E-state index is 13.7. The molecule has 0 radical (unpaired) electrons. The molecule has 0 fully saturated rings. The van der Waals surface area contributed by atoms with E-state index in [2.05, 4.69) is 5.10 Å². The molecule has 1 heterocycles. The number of hydrogen-bond acceptors (Lipinski definition) is 4. The lowest BCUT2D eigenvalue weighted by Crippen LogP contribution is -2.11. The fourth-order valence-electron chi connectivity index (χ4n) is 1.95. The van der Waals surface area contributed by atoms with Crippen molar-refractivity contribution in [3.05, 3.63) is 47.0 Å². The van der Waals surface area contributed by atoms with Gasteiger partial charge < -0.3 is 5.11 Å². The maximum Gasteiger partial charge on any atom is 0.335 e. The first-order valence-electron chi connectivity index (χ1n) is 5.96. The van der Waals surface area contributed by atoms with E-state index >= 15 is 0 Å². The number of carbonyl (C=O) groups is 1. The van der Waals surface area contributed by atoms with E-state index in [-0.39, 0.29) is 5.56 Å². The molecule has 0 amide bonds. The minimum Gasteiger partial charge on any atom is -0.478 e. The fourth-order valence-corrected chi connectivity index (χ4v) is 3.43. The van der Waals surface area contributed by atoms with Crippen molar-refractivity contribution >= 4 is 15.8 Å². The number of benzene rings is 1. The monoisotopic (exact) mass is 312 g/mol. The Morgan fingerprint density at radius 1 is 1.38 bits per heavy atom. The molecule has 0 spiro atoms. The predicted molar refractivity (Wildman–Crippen MR) is 72.2 cm³/mol. The van der Waals surface area contributed by atoms with Crippen molar-refractivity contribution in [3.8, 4) is 0 Å². The summed E-state index contributed by atoms with van der Waals surface area (Å²) in [5, 5.41) is 12.9. The largest absolute Gasteiger partial charge is 0.478 e. The third-order valence-corrected chi connectivity index (χ3v) is 4.61. The summed E-state index contributed by atoms with van der Waals surface area (Å²) in [4.78, 5) is 10.3. The number of aromatic nitrogens is 2. The number of sulfone groups is 1. The van der Waals surface area contributed by atoms with Crippen LogP contribution in [0.25, 0.3) is 0 Å². The normalized spacial score (nSPS) is 11.6. The molecule has 1 N–H and O–H groups in total. The number of halogens is 1. The Bertz CT molecular complexity index is 812. The van der Waals surface area contributed by atoms with Gasteiger partial charge in [-0.1, -0.05) is 0 Å². The van der Waals surface area contributed by atoms with Gasteiger partial charge in [0.15, 0.2) is 9.84 Å². The average molecular weight is 312 g/mol. The van der Waals surface area contributed by atoms with Crippen LogP contribution in [0.3, 0.4) is 0 Å². The molecule has 1 aromatic carbocycles. The number of nitrogens with zero attached hydrogens (tertiary/aromatic N) is 2. The Hall–Kier alpha value is -2.22. The summed E-state index contributed by atoms with van der Waals surface area (Å²) in [6.45, 7) is 1.71. The van der Waals surface area contributed by atoms with Crippen molar-refractivity contribution < 1.29 is 22.7 Å². The van der Waals surface area contributed by atoms with Gasteiger partial charge in [0.2, 0.25) is 0 Å². The van der Waals surface area contributed by atoms with Crippen molar-refractivity contribution in [2.75, 3.05) is 0 Å². The number of carboxylic acid groups (broad SMARTS) is 1. The van der Waals surface area contributed by atoms with E-state index in [0.29, 0.717) is 11.4 Å². The van der Waals surface area contributed by atoms with Gasteiger partial charge in [-0.2, -0.15) is 5.10 Å². The average Bonchev–Trinajstić information content (AvgIpc) is 2.67. The Morgan fingerprint density at radius 2 is 2.05 bits per heavy atom. The van der Waals surface area contributed by atoms with Gasteiger partial charge in [-0.25, -0.2) is 17.6 Å². The zero-order chi connectivity index (χ0) is 15.8. The minimum absolute atomic E-state index is 0.281. The van der Waals surface area contributed by atoms with Crippen LogP contribution in [-0.4, -0.2) is 29.3 Å². The van der Waals surface area contributed by atoms with Crippen LogP contribution in [0.15, 0.2) is 29.2 Å². The summed E-state index contributed by atoms with van der Waals surface area (Å²) in [7, 11) is -2.42. The third kappa shape index (κ3) is 3.10. The van der Waals surface area contributed by atoms with Gasteiger partial charge >= 0.3 is 5.97 Å². The Morgan fingerprint density at radius 3 is 2.57 bits per heavy atom. The molecule has 0 saturated carbocycles. The number of hydrogen-bond donors (Lipinski definition) is 1. The van der Waals surface area contributed by atoms with Crippen LogP contribution in [0, 0.1) is 12.7 Å². The van der Waals surface area contributed by atoms with E-state index < -0.39 is 32.3 Å². The van der Waals surface area contributed by atoms with Gasteiger partial charge in [0.05, 0.1) is 22.7 Å². The first-order valence-corrected chi connectivity index (χ1v) is 7.61. The topological polar surface area (TPSA) is 89.3 Å². The zero-order valence-electron chi connectivity index (χ0n) is 11.4. The van der Waals surface area contributed by atoms with Gasteiger partial charge in [-0.15, -0.1) is 0 Å².